The van der Waals surface area contributed by atoms with Crippen molar-refractivity contribution < 1.29 is 19.4 Å². The maximum absolute atomic E-state index is 11.5. The molecule has 110 valence electrons. The number of para-hydroxylation sites is 1. The summed E-state index contributed by atoms with van der Waals surface area (Å²) < 4.78 is 10.3. The third kappa shape index (κ3) is 3.47. The number of carbonyl (C=O) groups is 1. The summed E-state index contributed by atoms with van der Waals surface area (Å²) >= 11 is 0. The highest BCUT2D eigenvalue weighted by molar-refractivity contribution is 5.75. The van der Waals surface area contributed by atoms with Crippen LogP contribution in [0.4, 0.5) is 0 Å². The van der Waals surface area contributed by atoms with Crippen molar-refractivity contribution in [1.82, 2.24) is 9.97 Å². The molecule has 1 unspecified atom stereocenters. The lowest BCUT2D eigenvalue weighted by Gasteiger charge is -2.14. The number of nitrogens with zero attached hydrogens (tertiary/aromatic N) is 2. The van der Waals surface area contributed by atoms with Gasteiger partial charge >= 0.3 is 5.97 Å². The lowest BCUT2D eigenvalue weighted by molar-refractivity contribution is -0.139. The van der Waals surface area contributed by atoms with Crippen LogP contribution in [-0.4, -0.2) is 35.3 Å². The SMILES string of the molecule is COc1ccnc(C(Cc2ccccc2OC)C(=O)O)n1. The standard InChI is InChI=1S/C15H16N2O4/c1-20-12-6-4-3-5-10(12)9-11(15(18)19)14-16-8-7-13(17-14)21-2/h3-8,11H,9H2,1-2H3,(H,18,19). The van der Waals surface area contributed by atoms with Gasteiger partial charge in [0.05, 0.1) is 14.2 Å². The molecule has 1 N–H and O–H groups in total. The fourth-order valence-corrected chi connectivity index (χ4v) is 2.02. The Morgan fingerprint density at radius 3 is 2.67 bits per heavy atom. The molecule has 0 aliphatic carbocycles. The number of carboxylic acids is 1. The summed E-state index contributed by atoms with van der Waals surface area (Å²) in [5.41, 5.74) is 0.791. The second-order valence-electron chi connectivity index (χ2n) is 4.36. The van der Waals surface area contributed by atoms with Gasteiger partial charge in [-0.15, -0.1) is 0 Å². The third-order valence-electron chi connectivity index (χ3n) is 3.08. The number of carboxylic acid groups (broad SMARTS) is 1. The van der Waals surface area contributed by atoms with Gasteiger partial charge in [0.15, 0.2) is 0 Å². The Balaban J connectivity index is 2.33. The van der Waals surface area contributed by atoms with Crippen molar-refractivity contribution in [2.24, 2.45) is 0 Å². The lowest BCUT2D eigenvalue weighted by atomic mass is 9.98. The van der Waals surface area contributed by atoms with Crippen LogP contribution in [0.15, 0.2) is 36.5 Å². The Bertz CT molecular complexity index is 631. The quantitative estimate of drug-likeness (QED) is 0.874. The Kier molecular flexibility index (Phi) is 4.71. The Morgan fingerprint density at radius 2 is 2.00 bits per heavy atom. The first-order valence-electron chi connectivity index (χ1n) is 6.37. The average Bonchev–Trinajstić information content (AvgIpc) is 2.52. The highest BCUT2D eigenvalue weighted by atomic mass is 16.5. The van der Waals surface area contributed by atoms with Crippen LogP contribution >= 0.6 is 0 Å². The molecule has 6 nitrogen and oxygen atoms in total. The molecule has 0 saturated heterocycles. The largest absolute Gasteiger partial charge is 0.496 e. The molecule has 0 amide bonds. The molecule has 1 aromatic carbocycles. The van der Waals surface area contributed by atoms with Gasteiger partial charge in [0.25, 0.3) is 0 Å². The second-order valence-corrected chi connectivity index (χ2v) is 4.36. The number of methoxy groups -OCH3 is 2. The maximum atomic E-state index is 11.5. The van der Waals surface area contributed by atoms with Gasteiger partial charge in [0, 0.05) is 12.3 Å². The Labute approximate surface area is 122 Å². The van der Waals surface area contributed by atoms with Crippen LogP contribution in [0.2, 0.25) is 0 Å². The molecule has 0 saturated carbocycles. The molecule has 2 rings (SSSR count). The summed E-state index contributed by atoms with van der Waals surface area (Å²) in [7, 11) is 3.03. The summed E-state index contributed by atoms with van der Waals surface area (Å²) in [4.78, 5) is 19.7. The van der Waals surface area contributed by atoms with Crippen molar-refractivity contribution in [3.63, 3.8) is 0 Å². The van der Waals surface area contributed by atoms with Crippen LogP contribution in [-0.2, 0) is 11.2 Å². The number of benzene rings is 1. The number of hydrogen-bond donors (Lipinski definition) is 1. The summed E-state index contributed by atoms with van der Waals surface area (Å²) in [6.45, 7) is 0. The molecule has 0 bridgehead atoms. The molecule has 1 heterocycles. The van der Waals surface area contributed by atoms with E-state index in [2.05, 4.69) is 9.97 Å². The second kappa shape index (κ2) is 6.69. The summed E-state index contributed by atoms with van der Waals surface area (Å²) in [5, 5.41) is 9.45. The van der Waals surface area contributed by atoms with Gasteiger partial charge in [-0.05, 0) is 18.1 Å². The van der Waals surface area contributed by atoms with Gasteiger partial charge in [-0.2, -0.15) is 4.98 Å². The summed E-state index contributed by atoms with van der Waals surface area (Å²) in [6.07, 6.45) is 1.73. The molecule has 0 aliphatic heterocycles. The van der Waals surface area contributed by atoms with Gasteiger partial charge in [0.2, 0.25) is 5.88 Å². The zero-order valence-electron chi connectivity index (χ0n) is 11.8. The van der Waals surface area contributed by atoms with Crippen molar-refractivity contribution in [2.45, 2.75) is 12.3 Å². The first-order chi connectivity index (χ1) is 10.2. The number of aliphatic carboxylic acids is 1. The molecule has 2 aromatic rings. The van der Waals surface area contributed by atoms with Gasteiger partial charge < -0.3 is 14.6 Å². The average molecular weight is 288 g/mol. The smallest absolute Gasteiger partial charge is 0.314 e. The van der Waals surface area contributed by atoms with E-state index in [4.69, 9.17) is 9.47 Å². The van der Waals surface area contributed by atoms with E-state index in [-0.39, 0.29) is 12.2 Å². The van der Waals surface area contributed by atoms with Crippen LogP contribution in [0.25, 0.3) is 0 Å². The Morgan fingerprint density at radius 1 is 1.24 bits per heavy atom. The van der Waals surface area contributed by atoms with Crippen molar-refractivity contribution in [2.75, 3.05) is 14.2 Å². The highest BCUT2D eigenvalue weighted by Gasteiger charge is 2.25. The van der Waals surface area contributed by atoms with Gasteiger partial charge in [-0.25, -0.2) is 4.98 Å². The number of hydrogen-bond acceptors (Lipinski definition) is 5. The fourth-order valence-electron chi connectivity index (χ4n) is 2.02. The Hall–Kier alpha value is -2.63. The van der Waals surface area contributed by atoms with E-state index in [1.807, 2.05) is 18.2 Å². The molecule has 21 heavy (non-hydrogen) atoms. The molecule has 0 fully saturated rings. The molecule has 0 spiro atoms. The zero-order valence-corrected chi connectivity index (χ0v) is 11.8. The van der Waals surface area contributed by atoms with Crippen LogP contribution in [0.5, 0.6) is 11.6 Å². The predicted molar refractivity (Wildman–Crippen MR) is 75.7 cm³/mol. The number of aromatic nitrogens is 2. The molecule has 1 atom stereocenters. The molecule has 0 radical (unpaired) electrons. The van der Waals surface area contributed by atoms with Crippen molar-refractivity contribution in [1.29, 1.82) is 0 Å². The third-order valence-corrected chi connectivity index (χ3v) is 3.08. The summed E-state index contributed by atoms with van der Waals surface area (Å²) in [6, 6.07) is 8.87. The van der Waals surface area contributed by atoms with E-state index in [9.17, 15) is 9.90 Å². The van der Waals surface area contributed by atoms with E-state index in [1.54, 1.807) is 19.2 Å². The minimum Gasteiger partial charge on any atom is -0.496 e. The van der Waals surface area contributed by atoms with Crippen LogP contribution < -0.4 is 9.47 Å². The molecular weight excluding hydrogens is 272 g/mol. The highest BCUT2D eigenvalue weighted by Crippen LogP contribution is 2.25. The van der Waals surface area contributed by atoms with Gasteiger partial charge in [0.1, 0.15) is 17.5 Å². The van der Waals surface area contributed by atoms with Gasteiger partial charge in [-0.3, -0.25) is 4.79 Å². The molecular formula is C15H16N2O4. The van der Waals surface area contributed by atoms with E-state index in [0.29, 0.717) is 11.6 Å². The predicted octanol–water partition coefficient (Wildman–Crippen LogP) is 1.90. The zero-order chi connectivity index (χ0) is 15.2. The maximum Gasteiger partial charge on any atom is 0.314 e. The number of rotatable bonds is 6. The van der Waals surface area contributed by atoms with Crippen LogP contribution in [0.3, 0.4) is 0 Å². The van der Waals surface area contributed by atoms with E-state index in [1.165, 1.54) is 13.3 Å². The van der Waals surface area contributed by atoms with Gasteiger partial charge in [-0.1, -0.05) is 18.2 Å². The van der Waals surface area contributed by atoms with Crippen molar-refractivity contribution in [3.05, 3.63) is 47.9 Å². The van der Waals surface area contributed by atoms with Crippen molar-refractivity contribution in [3.8, 4) is 11.6 Å². The van der Waals surface area contributed by atoms with E-state index in [0.717, 1.165) is 5.56 Å². The van der Waals surface area contributed by atoms with Crippen molar-refractivity contribution >= 4 is 5.97 Å². The van der Waals surface area contributed by atoms with Crippen LogP contribution in [0.1, 0.15) is 17.3 Å². The normalized spacial score (nSPS) is 11.7. The first kappa shape index (κ1) is 14.8. The minimum absolute atomic E-state index is 0.216. The number of ether oxygens (including phenoxy) is 2. The molecule has 0 aliphatic rings. The molecule has 6 heteroatoms. The van der Waals surface area contributed by atoms with E-state index >= 15 is 0 Å². The molecule has 1 aromatic heterocycles. The fraction of sp³-hybridized carbons (Fsp3) is 0.267. The summed E-state index contributed by atoms with van der Waals surface area (Å²) in [5.74, 6) is -0.656. The van der Waals surface area contributed by atoms with E-state index < -0.39 is 11.9 Å². The topological polar surface area (TPSA) is 81.5 Å². The lowest BCUT2D eigenvalue weighted by Crippen LogP contribution is -2.18. The minimum atomic E-state index is -0.992. The van der Waals surface area contributed by atoms with Crippen LogP contribution in [0, 0.1) is 0 Å². The monoisotopic (exact) mass is 288 g/mol. The first-order valence-corrected chi connectivity index (χ1v) is 6.37.